The van der Waals surface area contributed by atoms with Crippen LogP contribution in [0.1, 0.15) is 28.8 Å². The monoisotopic (exact) mass is 449 g/mol. The molecule has 7 nitrogen and oxygen atoms in total. The Hall–Kier alpha value is -3.19. The molecule has 8 heteroatoms. The van der Waals surface area contributed by atoms with Crippen LogP contribution in [0.3, 0.4) is 0 Å². The fourth-order valence-electron chi connectivity index (χ4n) is 4.74. The normalized spacial score (nSPS) is 21.2. The van der Waals surface area contributed by atoms with Crippen LogP contribution in [-0.2, 0) is 4.79 Å². The zero-order valence-corrected chi connectivity index (χ0v) is 18.3. The van der Waals surface area contributed by atoms with E-state index in [1.54, 1.807) is 12.1 Å². The maximum absolute atomic E-state index is 13.0. The zero-order valence-electron chi connectivity index (χ0n) is 17.6. The van der Waals surface area contributed by atoms with Gasteiger partial charge in [-0.15, -0.1) is 5.10 Å². The van der Waals surface area contributed by atoms with Crippen LogP contribution in [0.15, 0.2) is 48.5 Å². The van der Waals surface area contributed by atoms with Gasteiger partial charge in [0.05, 0.1) is 5.52 Å². The quantitative estimate of drug-likeness (QED) is 0.619. The van der Waals surface area contributed by atoms with Gasteiger partial charge in [-0.2, -0.15) is 0 Å². The summed E-state index contributed by atoms with van der Waals surface area (Å²) in [7, 11) is 0. The number of aromatic amines is 1. The molecule has 2 saturated heterocycles. The fraction of sp³-hybridized carbons (Fsp3) is 0.333. The highest BCUT2D eigenvalue weighted by Gasteiger charge is 2.37. The molecule has 0 aliphatic carbocycles. The lowest BCUT2D eigenvalue weighted by Gasteiger charge is -2.21. The van der Waals surface area contributed by atoms with E-state index >= 15 is 0 Å². The number of hydrogen-bond donors (Lipinski definition) is 1. The van der Waals surface area contributed by atoms with Crippen LogP contribution < -0.4 is 0 Å². The first kappa shape index (κ1) is 20.7. The van der Waals surface area contributed by atoms with Crippen molar-refractivity contribution >= 4 is 40.5 Å². The molecule has 2 atom stereocenters. The highest BCUT2D eigenvalue weighted by atomic mass is 35.5. The summed E-state index contributed by atoms with van der Waals surface area (Å²) in [6.07, 6.45) is 5.30. The van der Waals surface area contributed by atoms with E-state index < -0.39 is 0 Å². The number of benzene rings is 2. The van der Waals surface area contributed by atoms with Crippen molar-refractivity contribution < 1.29 is 9.59 Å². The lowest BCUT2D eigenvalue weighted by atomic mass is 9.92. The van der Waals surface area contributed by atoms with Crippen molar-refractivity contribution in [3.05, 3.63) is 64.7 Å². The Morgan fingerprint density at radius 2 is 1.72 bits per heavy atom. The third-order valence-electron chi connectivity index (χ3n) is 6.58. The number of amides is 2. The summed E-state index contributed by atoms with van der Waals surface area (Å²) in [5.41, 5.74) is 3.12. The van der Waals surface area contributed by atoms with E-state index in [1.165, 1.54) is 0 Å². The van der Waals surface area contributed by atoms with E-state index in [4.69, 9.17) is 11.6 Å². The number of likely N-dealkylation sites (tertiary alicyclic amines) is 2. The standard InChI is InChI=1S/C24H24ClN5O2/c25-20-5-1-16(2-6-20)3-8-23(31)29-11-9-18-14-30(15-19(18)10-12-29)24(32)17-4-7-21-22(13-17)27-28-26-21/h1-8,13,18-19H,9-12,14-15H2,(H,26,27,28)/b8-3+/t18-,19+. The first-order chi connectivity index (χ1) is 15.6. The van der Waals surface area contributed by atoms with Gasteiger partial charge in [0, 0.05) is 42.8 Å². The highest BCUT2D eigenvalue weighted by molar-refractivity contribution is 6.30. The van der Waals surface area contributed by atoms with Gasteiger partial charge < -0.3 is 9.80 Å². The minimum Gasteiger partial charge on any atom is -0.339 e. The lowest BCUT2D eigenvalue weighted by Crippen LogP contribution is -2.33. The Balaban J connectivity index is 1.19. The molecule has 0 radical (unpaired) electrons. The minimum absolute atomic E-state index is 0.0359. The molecule has 164 valence electrons. The average Bonchev–Trinajstić information content (AvgIpc) is 3.40. The van der Waals surface area contributed by atoms with Gasteiger partial charge >= 0.3 is 0 Å². The number of hydrogen-bond acceptors (Lipinski definition) is 4. The first-order valence-electron chi connectivity index (χ1n) is 10.9. The average molecular weight is 450 g/mol. The molecule has 2 aliphatic rings. The largest absolute Gasteiger partial charge is 0.339 e. The third-order valence-corrected chi connectivity index (χ3v) is 6.83. The van der Waals surface area contributed by atoms with Crippen molar-refractivity contribution in [3.8, 4) is 0 Å². The van der Waals surface area contributed by atoms with E-state index in [0.29, 0.717) is 27.9 Å². The summed E-state index contributed by atoms with van der Waals surface area (Å²) < 4.78 is 0. The summed E-state index contributed by atoms with van der Waals surface area (Å²) in [4.78, 5) is 29.6. The van der Waals surface area contributed by atoms with Gasteiger partial charge in [0.1, 0.15) is 5.52 Å². The maximum Gasteiger partial charge on any atom is 0.253 e. The second kappa shape index (κ2) is 8.74. The summed E-state index contributed by atoms with van der Waals surface area (Å²) in [5.74, 6) is 0.927. The van der Waals surface area contributed by atoms with Crippen LogP contribution >= 0.6 is 11.6 Å². The molecule has 1 aromatic heterocycles. The van der Waals surface area contributed by atoms with Gasteiger partial charge in [-0.3, -0.25) is 14.7 Å². The predicted molar refractivity (Wildman–Crippen MR) is 123 cm³/mol. The molecule has 0 bridgehead atoms. The Labute approximate surface area is 191 Å². The number of aromatic nitrogens is 3. The van der Waals surface area contributed by atoms with Gasteiger partial charge in [0.15, 0.2) is 0 Å². The molecule has 0 spiro atoms. The molecule has 5 rings (SSSR count). The van der Waals surface area contributed by atoms with Gasteiger partial charge in [-0.05, 0) is 66.6 Å². The Bertz CT molecular complexity index is 1160. The molecule has 2 fully saturated rings. The predicted octanol–water partition coefficient (Wildman–Crippen LogP) is 3.64. The van der Waals surface area contributed by atoms with Crippen LogP contribution in [0.25, 0.3) is 17.1 Å². The zero-order chi connectivity index (χ0) is 22.1. The second-order valence-electron chi connectivity index (χ2n) is 8.56. The van der Waals surface area contributed by atoms with Crippen LogP contribution in [-0.4, -0.2) is 63.2 Å². The third kappa shape index (κ3) is 4.25. The molecular weight excluding hydrogens is 426 g/mol. The molecule has 32 heavy (non-hydrogen) atoms. The van der Waals surface area contributed by atoms with Crippen molar-refractivity contribution in [1.82, 2.24) is 25.2 Å². The molecule has 0 saturated carbocycles. The SMILES string of the molecule is O=C(/C=C/c1ccc(Cl)cc1)N1CC[C@@H]2CN(C(=O)c3ccc4[nH]nnc4c3)C[C@@H]2CC1. The fourth-order valence-corrected chi connectivity index (χ4v) is 4.86. The Morgan fingerprint density at radius 3 is 2.44 bits per heavy atom. The number of carbonyl (C=O) groups excluding carboxylic acids is 2. The van der Waals surface area contributed by atoms with Gasteiger partial charge in [0.25, 0.3) is 5.91 Å². The van der Waals surface area contributed by atoms with Crippen LogP contribution in [0.4, 0.5) is 0 Å². The van der Waals surface area contributed by atoms with E-state index in [-0.39, 0.29) is 11.8 Å². The first-order valence-corrected chi connectivity index (χ1v) is 11.3. The van der Waals surface area contributed by atoms with E-state index in [9.17, 15) is 9.59 Å². The second-order valence-corrected chi connectivity index (χ2v) is 9.00. The van der Waals surface area contributed by atoms with Gasteiger partial charge in [-0.1, -0.05) is 28.9 Å². The molecule has 2 aliphatic heterocycles. The molecule has 1 N–H and O–H groups in total. The Kier molecular flexibility index (Phi) is 5.66. The molecule has 2 amide bonds. The molecule has 3 heterocycles. The van der Waals surface area contributed by atoms with Crippen molar-refractivity contribution in [2.75, 3.05) is 26.2 Å². The number of H-pyrrole nitrogens is 1. The molecular formula is C24H24ClN5O2. The van der Waals surface area contributed by atoms with E-state index in [1.807, 2.05) is 52.3 Å². The number of fused-ring (bicyclic) bond motifs is 2. The van der Waals surface area contributed by atoms with Crippen molar-refractivity contribution in [1.29, 1.82) is 0 Å². The molecule has 2 aromatic carbocycles. The Morgan fingerprint density at radius 1 is 1.00 bits per heavy atom. The van der Waals surface area contributed by atoms with Crippen molar-refractivity contribution in [2.24, 2.45) is 11.8 Å². The topological polar surface area (TPSA) is 82.2 Å². The maximum atomic E-state index is 13.0. The summed E-state index contributed by atoms with van der Waals surface area (Å²) >= 11 is 5.91. The van der Waals surface area contributed by atoms with Crippen LogP contribution in [0.5, 0.6) is 0 Å². The number of carbonyl (C=O) groups is 2. The highest BCUT2D eigenvalue weighted by Crippen LogP contribution is 2.33. The summed E-state index contributed by atoms with van der Waals surface area (Å²) in [6, 6.07) is 12.9. The van der Waals surface area contributed by atoms with Gasteiger partial charge in [-0.25, -0.2) is 0 Å². The lowest BCUT2D eigenvalue weighted by molar-refractivity contribution is -0.126. The van der Waals surface area contributed by atoms with E-state index in [0.717, 1.165) is 50.1 Å². The number of halogens is 1. The number of rotatable bonds is 3. The minimum atomic E-state index is 0.0359. The van der Waals surface area contributed by atoms with Crippen molar-refractivity contribution in [3.63, 3.8) is 0 Å². The molecule has 0 unspecified atom stereocenters. The van der Waals surface area contributed by atoms with Crippen molar-refractivity contribution in [2.45, 2.75) is 12.8 Å². The molecule has 3 aromatic rings. The van der Waals surface area contributed by atoms with E-state index in [2.05, 4.69) is 15.4 Å². The summed E-state index contributed by atoms with van der Waals surface area (Å²) in [6.45, 7) is 2.92. The van der Waals surface area contributed by atoms with Crippen LogP contribution in [0.2, 0.25) is 5.02 Å². The smallest absolute Gasteiger partial charge is 0.253 e. The summed E-state index contributed by atoms with van der Waals surface area (Å²) in [5, 5.41) is 11.3. The van der Waals surface area contributed by atoms with Gasteiger partial charge in [0.2, 0.25) is 5.91 Å². The van der Waals surface area contributed by atoms with Crippen LogP contribution in [0, 0.1) is 11.8 Å². The number of nitrogens with one attached hydrogen (secondary N) is 1. The number of nitrogens with zero attached hydrogens (tertiary/aromatic N) is 4.